The van der Waals surface area contributed by atoms with Gasteiger partial charge < -0.3 is 20.7 Å². The van der Waals surface area contributed by atoms with Gasteiger partial charge in [0.1, 0.15) is 12.1 Å². The number of carbonyl (C=O) groups is 1. The second-order valence-corrected chi connectivity index (χ2v) is 3.88. The highest BCUT2D eigenvalue weighted by molar-refractivity contribution is 5.49. The Hall–Kier alpha value is -2.08. The highest BCUT2D eigenvalue weighted by Gasteiger charge is 2.27. The molecule has 1 unspecified atom stereocenters. The monoisotopic (exact) mass is 248 g/mol. The third-order valence-electron chi connectivity index (χ3n) is 2.67. The van der Waals surface area contributed by atoms with Crippen molar-refractivity contribution in [1.82, 2.24) is 15.2 Å². The first-order valence-electron chi connectivity index (χ1n) is 5.77. The molecule has 18 heavy (non-hydrogen) atoms. The van der Waals surface area contributed by atoms with Crippen molar-refractivity contribution in [1.29, 1.82) is 0 Å². The quantitative estimate of drug-likeness (QED) is 0.700. The molecule has 1 atom stereocenters. The predicted octanol–water partition coefficient (Wildman–Crippen LogP) is 0.134. The number of aromatic nitrogens is 1. The highest BCUT2D eigenvalue weighted by atomic mass is 16.5. The molecule has 96 valence electrons. The normalized spacial score (nSPS) is 18.2. The Morgan fingerprint density at radius 2 is 2.44 bits per heavy atom. The second kappa shape index (κ2) is 6.02. The number of rotatable bonds is 6. The lowest BCUT2D eigenvalue weighted by molar-refractivity contribution is -0.109. The van der Waals surface area contributed by atoms with Crippen molar-refractivity contribution in [2.75, 3.05) is 6.54 Å². The average Bonchev–Trinajstić information content (AvgIpc) is 2.75. The number of carbonyl (C=O) groups excluding carboxylic acids is 1. The van der Waals surface area contributed by atoms with Crippen LogP contribution in [-0.2, 0) is 16.1 Å². The summed E-state index contributed by atoms with van der Waals surface area (Å²) < 4.78 is 5.48. The maximum atomic E-state index is 10.5. The fraction of sp³-hybridized carbons (Fsp3) is 0.333. The van der Waals surface area contributed by atoms with E-state index in [-0.39, 0.29) is 6.23 Å². The van der Waals surface area contributed by atoms with Crippen molar-refractivity contribution >= 4 is 6.41 Å². The van der Waals surface area contributed by atoms with E-state index in [9.17, 15) is 4.79 Å². The van der Waals surface area contributed by atoms with Gasteiger partial charge in [-0.15, -0.1) is 0 Å². The lowest BCUT2D eigenvalue weighted by Gasteiger charge is -2.26. The van der Waals surface area contributed by atoms with Crippen LogP contribution in [0.5, 0.6) is 0 Å². The molecule has 2 heterocycles. The first kappa shape index (κ1) is 12.4. The summed E-state index contributed by atoms with van der Waals surface area (Å²) in [4.78, 5) is 16.7. The smallest absolute Gasteiger partial charge is 0.212 e. The lowest BCUT2D eigenvalue weighted by atomic mass is 10.3. The molecule has 1 aromatic heterocycles. The molecule has 1 aliphatic heterocycles. The summed E-state index contributed by atoms with van der Waals surface area (Å²) in [6.45, 7) is 1.09. The van der Waals surface area contributed by atoms with Crippen molar-refractivity contribution in [3.63, 3.8) is 0 Å². The van der Waals surface area contributed by atoms with Crippen molar-refractivity contribution in [2.24, 2.45) is 5.73 Å². The average molecular weight is 248 g/mol. The largest absolute Gasteiger partial charge is 0.474 e. The van der Waals surface area contributed by atoms with Crippen molar-refractivity contribution in [2.45, 2.75) is 19.2 Å². The molecular formula is C12H16N4O2. The van der Waals surface area contributed by atoms with Crippen LogP contribution in [0.3, 0.4) is 0 Å². The van der Waals surface area contributed by atoms with Gasteiger partial charge in [-0.05, 0) is 18.7 Å². The molecule has 6 heteroatoms. The topological polar surface area (TPSA) is 80.5 Å². The maximum absolute atomic E-state index is 10.5. The molecule has 1 aliphatic rings. The zero-order chi connectivity index (χ0) is 12.8. The van der Waals surface area contributed by atoms with Gasteiger partial charge in [-0.3, -0.25) is 9.78 Å². The minimum Gasteiger partial charge on any atom is -0.474 e. The Morgan fingerprint density at radius 3 is 3.11 bits per heavy atom. The van der Waals surface area contributed by atoms with Crippen molar-refractivity contribution < 1.29 is 9.53 Å². The van der Waals surface area contributed by atoms with Gasteiger partial charge in [0.15, 0.2) is 6.23 Å². The molecule has 0 aromatic carbocycles. The first-order chi connectivity index (χ1) is 8.85. The van der Waals surface area contributed by atoms with E-state index in [0.717, 1.165) is 5.69 Å². The number of hydrogen-bond donors (Lipinski definition) is 2. The molecule has 0 radical (unpaired) electrons. The number of hydrogen-bond acceptors (Lipinski definition) is 5. The minimum absolute atomic E-state index is 0.153. The van der Waals surface area contributed by atoms with Gasteiger partial charge in [0.05, 0.1) is 12.2 Å². The van der Waals surface area contributed by atoms with E-state index in [4.69, 9.17) is 10.5 Å². The molecule has 0 bridgehead atoms. The summed E-state index contributed by atoms with van der Waals surface area (Å²) >= 11 is 0. The molecule has 1 aromatic rings. The molecule has 3 N–H and O–H groups in total. The molecule has 0 saturated heterocycles. The van der Waals surface area contributed by atoms with E-state index in [1.807, 2.05) is 23.1 Å². The summed E-state index contributed by atoms with van der Waals surface area (Å²) in [6, 6.07) is 5.71. The summed E-state index contributed by atoms with van der Waals surface area (Å²) in [5.74, 6) is 0.633. The standard InChI is InChI=1S/C12H16N4O2/c13-5-4-12-16(11(8-18-12)15-9-17)7-10-3-1-2-6-14-10/h1-3,6,8-9,12H,4-5,7,13H2,(H,15,17). The third kappa shape index (κ3) is 2.78. The molecule has 2 rings (SSSR count). The summed E-state index contributed by atoms with van der Waals surface area (Å²) in [6.07, 6.45) is 4.44. The zero-order valence-corrected chi connectivity index (χ0v) is 9.95. The Morgan fingerprint density at radius 1 is 1.56 bits per heavy atom. The van der Waals surface area contributed by atoms with Gasteiger partial charge in [0.25, 0.3) is 0 Å². The van der Waals surface area contributed by atoms with Gasteiger partial charge in [0.2, 0.25) is 6.41 Å². The molecule has 0 aliphatic carbocycles. The lowest BCUT2D eigenvalue weighted by Crippen LogP contribution is -2.36. The summed E-state index contributed by atoms with van der Waals surface area (Å²) in [7, 11) is 0. The van der Waals surface area contributed by atoms with E-state index in [0.29, 0.717) is 31.7 Å². The van der Waals surface area contributed by atoms with E-state index >= 15 is 0 Å². The van der Waals surface area contributed by atoms with E-state index in [1.165, 1.54) is 6.26 Å². The fourth-order valence-corrected chi connectivity index (χ4v) is 1.84. The fourth-order valence-electron chi connectivity index (χ4n) is 1.84. The van der Waals surface area contributed by atoms with Crippen LogP contribution >= 0.6 is 0 Å². The minimum atomic E-state index is -0.153. The number of amides is 1. The van der Waals surface area contributed by atoms with Crippen LogP contribution in [0.1, 0.15) is 12.1 Å². The van der Waals surface area contributed by atoms with Gasteiger partial charge in [-0.1, -0.05) is 6.07 Å². The van der Waals surface area contributed by atoms with Crippen LogP contribution in [0, 0.1) is 0 Å². The number of pyridine rings is 1. The number of nitrogens with two attached hydrogens (primary N) is 1. The Kier molecular flexibility index (Phi) is 4.14. The van der Waals surface area contributed by atoms with E-state index in [1.54, 1.807) is 6.20 Å². The van der Waals surface area contributed by atoms with E-state index < -0.39 is 0 Å². The van der Waals surface area contributed by atoms with Crippen LogP contribution in [0.25, 0.3) is 0 Å². The Labute approximate surface area is 105 Å². The number of nitrogens with zero attached hydrogens (tertiary/aromatic N) is 2. The molecular weight excluding hydrogens is 232 g/mol. The molecule has 0 spiro atoms. The molecule has 1 amide bonds. The van der Waals surface area contributed by atoms with Crippen LogP contribution in [0.4, 0.5) is 0 Å². The summed E-state index contributed by atoms with van der Waals surface area (Å²) in [5.41, 5.74) is 6.45. The van der Waals surface area contributed by atoms with Gasteiger partial charge in [0, 0.05) is 12.6 Å². The van der Waals surface area contributed by atoms with Crippen molar-refractivity contribution in [3.05, 3.63) is 42.2 Å². The van der Waals surface area contributed by atoms with Gasteiger partial charge in [-0.25, -0.2) is 0 Å². The molecule has 6 nitrogen and oxygen atoms in total. The third-order valence-corrected chi connectivity index (χ3v) is 2.67. The first-order valence-corrected chi connectivity index (χ1v) is 5.77. The highest BCUT2D eigenvalue weighted by Crippen LogP contribution is 2.21. The number of nitrogens with one attached hydrogen (secondary N) is 1. The SMILES string of the molecule is NCCC1OC=C(NC=O)N1Cc1ccccn1. The second-order valence-electron chi connectivity index (χ2n) is 3.88. The van der Waals surface area contributed by atoms with Crippen LogP contribution in [0.2, 0.25) is 0 Å². The van der Waals surface area contributed by atoms with Crippen LogP contribution < -0.4 is 11.1 Å². The molecule has 0 saturated carbocycles. The maximum Gasteiger partial charge on any atom is 0.212 e. The molecule has 0 fully saturated rings. The Bertz CT molecular complexity index is 421. The Balaban J connectivity index is 2.09. The zero-order valence-electron chi connectivity index (χ0n) is 9.95. The van der Waals surface area contributed by atoms with Crippen LogP contribution in [-0.4, -0.2) is 29.1 Å². The van der Waals surface area contributed by atoms with Crippen LogP contribution in [0.15, 0.2) is 36.5 Å². The van der Waals surface area contributed by atoms with Crippen molar-refractivity contribution in [3.8, 4) is 0 Å². The predicted molar refractivity (Wildman–Crippen MR) is 65.6 cm³/mol. The number of ether oxygens (including phenoxy) is 1. The summed E-state index contributed by atoms with van der Waals surface area (Å²) in [5, 5.41) is 2.62. The van der Waals surface area contributed by atoms with E-state index in [2.05, 4.69) is 10.3 Å². The van der Waals surface area contributed by atoms with Gasteiger partial charge in [-0.2, -0.15) is 0 Å². The van der Waals surface area contributed by atoms with Gasteiger partial charge >= 0.3 is 0 Å².